The van der Waals surface area contributed by atoms with Gasteiger partial charge in [0.15, 0.2) is 11.0 Å². The predicted molar refractivity (Wildman–Crippen MR) is 54.1 cm³/mol. The number of thiazole rings is 1. The molecule has 1 heterocycles. The Morgan fingerprint density at radius 1 is 1.53 bits per heavy atom. The molecule has 0 fully saturated rings. The second kappa shape index (κ2) is 4.74. The zero-order chi connectivity index (χ0) is 11.4. The molecule has 0 spiro atoms. The normalized spacial score (nSPS) is 10.3. The molecule has 0 bridgehead atoms. The number of hydrogen-bond donors (Lipinski definition) is 3. The summed E-state index contributed by atoms with van der Waals surface area (Å²) < 4.78 is 0. The Bertz CT molecular complexity index is 362. The summed E-state index contributed by atoms with van der Waals surface area (Å²) in [6, 6.07) is 0. The predicted octanol–water partition coefficient (Wildman–Crippen LogP) is 0.513. The van der Waals surface area contributed by atoms with Crippen LogP contribution in [0.2, 0.25) is 0 Å². The fraction of sp³-hybridized carbons (Fsp3) is 0.375. The van der Waals surface area contributed by atoms with Crippen molar-refractivity contribution >= 4 is 28.4 Å². The molecule has 1 aromatic heterocycles. The summed E-state index contributed by atoms with van der Waals surface area (Å²) >= 11 is 1.25. The molecular weight excluding hydrogens is 220 g/mol. The van der Waals surface area contributed by atoms with E-state index in [1.807, 2.05) is 0 Å². The van der Waals surface area contributed by atoms with Gasteiger partial charge in [-0.15, -0.1) is 11.3 Å². The first kappa shape index (κ1) is 11.4. The van der Waals surface area contributed by atoms with Crippen molar-refractivity contribution in [1.82, 2.24) is 4.98 Å². The standard InChI is InChI=1S/C8H10N2O4S/c1-9-8-10-3-4(15-8)2-5(6(11)12)7(13)14/h3,5H,2H2,1H3,(H,9,10)(H,11,12)(H,13,14). The van der Waals surface area contributed by atoms with Crippen LogP contribution >= 0.6 is 11.3 Å². The van der Waals surface area contributed by atoms with Gasteiger partial charge in [-0.05, 0) is 0 Å². The Balaban J connectivity index is 2.74. The van der Waals surface area contributed by atoms with Gasteiger partial charge >= 0.3 is 11.9 Å². The summed E-state index contributed by atoms with van der Waals surface area (Å²) in [5.41, 5.74) is 0. The van der Waals surface area contributed by atoms with Crippen LogP contribution in [0.25, 0.3) is 0 Å². The van der Waals surface area contributed by atoms with Crippen molar-refractivity contribution in [2.75, 3.05) is 12.4 Å². The minimum absolute atomic E-state index is 0.0377. The van der Waals surface area contributed by atoms with Crippen LogP contribution in [0.15, 0.2) is 6.20 Å². The Morgan fingerprint density at radius 3 is 2.53 bits per heavy atom. The SMILES string of the molecule is CNc1ncc(CC(C(=O)O)C(=O)O)s1. The van der Waals surface area contributed by atoms with Crippen LogP contribution in [-0.2, 0) is 16.0 Å². The number of hydrogen-bond acceptors (Lipinski definition) is 5. The maximum absolute atomic E-state index is 10.6. The number of rotatable bonds is 5. The molecule has 0 aliphatic rings. The Hall–Kier alpha value is -1.63. The molecule has 0 aliphatic heterocycles. The van der Waals surface area contributed by atoms with Crippen molar-refractivity contribution in [2.45, 2.75) is 6.42 Å². The first-order chi connectivity index (χ1) is 7.04. The van der Waals surface area contributed by atoms with E-state index in [4.69, 9.17) is 10.2 Å². The lowest BCUT2D eigenvalue weighted by Gasteiger charge is -2.03. The summed E-state index contributed by atoms with van der Waals surface area (Å²) in [5, 5.41) is 20.7. The van der Waals surface area contributed by atoms with Crippen molar-refractivity contribution in [3.8, 4) is 0 Å². The van der Waals surface area contributed by atoms with E-state index in [-0.39, 0.29) is 6.42 Å². The van der Waals surface area contributed by atoms with Gasteiger partial charge in [0.05, 0.1) is 0 Å². The third-order valence-electron chi connectivity index (χ3n) is 1.77. The smallest absolute Gasteiger partial charge is 0.318 e. The largest absolute Gasteiger partial charge is 0.481 e. The van der Waals surface area contributed by atoms with Crippen molar-refractivity contribution in [3.63, 3.8) is 0 Å². The fourth-order valence-corrected chi connectivity index (χ4v) is 1.81. The van der Waals surface area contributed by atoms with Gasteiger partial charge in [-0.25, -0.2) is 4.98 Å². The number of nitrogens with one attached hydrogen (secondary N) is 1. The lowest BCUT2D eigenvalue weighted by molar-refractivity contribution is -0.154. The van der Waals surface area contributed by atoms with E-state index in [2.05, 4.69) is 10.3 Å². The third-order valence-corrected chi connectivity index (χ3v) is 2.81. The molecule has 0 saturated heterocycles. The number of carbonyl (C=O) groups is 2. The number of carboxylic acids is 2. The molecule has 3 N–H and O–H groups in total. The summed E-state index contributed by atoms with van der Waals surface area (Å²) in [7, 11) is 1.69. The van der Waals surface area contributed by atoms with Crippen LogP contribution in [0.1, 0.15) is 4.88 Å². The number of aliphatic carboxylic acids is 2. The van der Waals surface area contributed by atoms with E-state index in [0.29, 0.717) is 10.0 Å². The Morgan fingerprint density at radius 2 is 2.13 bits per heavy atom. The van der Waals surface area contributed by atoms with Gasteiger partial charge in [0.25, 0.3) is 0 Å². The van der Waals surface area contributed by atoms with Gasteiger partial charge in [0.1, 0.15) is 0 Å². The number of anilines is 1. The highest BCUT2D eigenvalue weighted by atomic mass is 32.1. The van der Waals surface area contributed by atoms with Gasteiger partial charge in [0.2, 0.25) is 0 Å². The first-order valence-electron chi connectivity index (χ1n) is 4.12. The van der Waals surface area contributed by atoms with Crippen molar-refractivity contribution in [1.29, 1.82) is 0 Å². The van der Waals surface area contributed by atoms with Crippen LogP contribution in [0.4, 0.5) is 5.13 Å². The molecule has 0 saturated carbocycles. The molecule has 7 heteroatoms. The van der Waals surface area contributed by atoms with Gasteiger partial charge in [0, 0.05) is 24.5 Å². The van der Waals surface area contributed by atoms with Crippen molar-refractivity contribution in [2.24, 2.45) is 5.92 Å². The van der Waals surface area contributed by atoms with Crippen molar-refractivity contribution < 1.29 is 19.8 Å². The molecule has 82 valence electrons. The van der Waals surface area contributed by atoms with Gasteiger partial charge in [-0.2, -0.15) is 0 Å². The highest BCUT2D eigenvalue weighted by Crippen LogP contribution is 2.20. The highest BCUT2D eigenvalue weighted by molar-refractivity contribution is 7.15. The van der Waals surface area contributed by atoms with Crippen LogP contribution < -0.4 is 5.32 Å². The summed E-state index contributed by atoms with van der Waals surface area (Å²) in [4.78, 5) is 25.8. The number of aromatic nitrogens is 1. The second-order valence-electron chi connectivity index (χ2n) is 2.81. The van der Waals surface area contributed by atoms with E-state index in [1.54, 1.807) is 7.05 Å². The molecule has 0 atom stereocenters. The van der Waals surface area contributed by atoms with Crippen LogP contribution in [0, 0.1) is 5.92 Å². The summed E-state index contributed by atoms with van der Waals surface area (Å²) in [5.74, 6) is -4.07. The van der Waals surface area contributed by atoms with E-state index < -0.39 is 17.9 Å². The quantitative estimate of drug-likeness (QED) is 0.637. The molecule has 0 aliphatic carbocycles. The van der Waals surface area contributed by atoms with Gasteiger partial charge in [-0.3, -0.25) is 9.59 Å². The van der Waals surface area contributed by atoms with Crippen molar-refractivity contribution in [3.05, 3.63) is 11.1 Å². The molecule has 1 aromatic rings. The minimum Gasteiger partial charge on any atom is -0.481 e. The molecule has 15 heavy (non-hydrogen) atoms. The van der Waals surface area contributed by atoms with Crippen LogP contribution in [0.3, 0.4) is 0 Å². The molecule has 0 unspecified atom stereocenters. The monoisotopic (exact) mass is 230 g/mol. The fourth-order valence-electron chi connectivity index (χ4n) is 0.999. The van der Waals surface area contributed by atoms with Crippen LogP contribution in [0.5, 0.6) is 0 Å². The van der Waals surface area contributed by atoms with Gasteiger partial charge in [-0.1, -0.05) is 0 Å². The number of carboxylic acid groups (broad SMARTS) is 2. The average molecular weight is 230 g/mol. The zero-order valence-corrected chi connectivity index (χ0v) is 8.74. The Kier molecular flexibility index (Phi) is 3.62. The molecule has 1 rings (SSSR count). The maximum Gasteiger partial charge on any atom is 0.318 e. The first-order valence-corrected chi connectivity index (χ1v) is 4.94. The average Bonchev–Trinajstić information content (AvgIpc) is 2.60. The van der Waals surface area contributed by atoms with E-state index in [9.17, 15) is 9.59 Å². The van der Waals surface area contributed by atoms with Gasteiger partial charge < -0.3 is 15.5 Å². The highest BCUT2D eigenvalue weighted by Gasteiger charge is 2.26. The number of nitrogens with zero attached hydrogens (tertiary/aromatic N) is 1. The summed E-state index contributed by atoms with van der Waals surface area (Å²) in [6.07, 6.45) is 1.44. The van der Waals surface area contributed by atoms with E-state index in [1.165, 1.54) is 17.5 Å². The molecular formula is C8H10N2O4S. The minimum atomic E-state index is -1.41. The molecule has 0 amide bonds. The second-order valence-corrected chi connectivity index (χ2v) is 3.93. The summed E-state index contributed by atoms with van der Waals surface area (Å²) in [6.45, 7) is 0. The Labute approximate surface area is 89.6 Å². The lowest BCUT2D eigenvalue weighted by Crippen LogP contribution is -2.25. The van der Waals surface area contributed by atoms with Crippen LogP contribution in [-0.4, -0.2) is 34.2 Å². The molecule has 0 aromatic carbocycles. The molecule has 0 radical (unpaired) electrons. The zero-order valence-electron chi connectivity index (χ0n) is 7.93. The molecule has 6 nitrogen and oxygen atoms in total. The lowest BCUT2D eigenvalue weighted by atomic mass is 10.1. The van der Waals surface area contributed by atoms with E-state index in [0.717, 1.165) is 0 Å². The maximum atomic E-state index is 10.6. The third kappa shape index (κ3) is 2.91. The topological polar surface area (TPSA) is 99.5 Å². The van der Waals surface area contributed by atoms with E-state index >= 15 is 0 Å².